The predicted octanol–water partition coefficient (Wildman–Crippen LogP) is 3.87. The van der Waals surface area contributed by atoms with Crippen molar-refractivity contribution in [3.05, 3.63) is 34.9 Å². The van der Waals surface area contributed by atoms with Crippen LogP contribution in [0.25, 0.3) is 0 Å². The zero-order valence-electron chi connectivity index (χ0n) is 9.66. The molecule has 0 aromatic heterocycles. The van der Waals surface area contributed by atoms with Gasteiger partial charge in [-0.2, -0.15) is 0 Å². The largest absolute Gasteiger partial charge is 0.481 e. The first-order chi connectivity index (χ1) is 7.56. The molecule has 1 N–H and O–H groups in total. The molecule has 0 bridgehead atoms. The molecule has 0 amide bonds. The lowest BCUT2D eigenvalue weighted by Gasteiger charge is -2.28. The van der Waals surface area contributed by atoms with Crippen molar-refractivity contribution in [1.82, 2.24) is 0 Å². The van der Waals surface area contributed by atoms with Crippen LogP contribution in [0.1, 0.15) is 38.7 Å². The maximum absolute atomic E-state index is 11.5. The number of rotatable bonds is 5. The summed E-state index contributed by atoms with van der Waals surface area (Å²) in [7, 11) is 0. The van der Waals surface area contributed by atoms with Gasteiger partial charge in [0.1, 0.15) is 0 Å². The Balaban J connectivity index is 3.18. The van der Waals surface area contributed by atoms with Crippen molar-refractivity contribution >= 4 is 17.6 Å². The summed E-state index contributed by atoms with van der Waals surface area (Å²) in [6.45, 7) is 3.92. The van der Waals surface area contributed by atoms with Crippen molar-refractivity contribution in [2.24, 2.45) is 0 Å². The Bertz CT molecular complexity index is 359. The molecule has 3 heteroatoms. The van der Waals surface area contributed by atoms with Gasteiger partial charge in [0.2, 0.25) is 0 Å². The quantitative estimate of drug-likeness (QED) is 0.848. The predicted molar refractivity (Wildman–Crippen MR) is 66.0 cm³/mol. The van der Waals surface area contributed by atoms with E-state index in [9.17, 15) is 9.90 Å². The number of carbonyl (C=O) groups is 1. The fourth-order valence-corrected chi connectivity index (χ4v) is 2.23. The Kier molecular flexibility index (Phi) is 4.36. The Morgan fingerprint density at radius 2 is 1.88 bits per heavy atom. The van der Waals surface area contributed by atoms with E-state index in [4.69, 9.17) is 11.6 Å². The lowest BCUT2D eigenvalue weighted by atomic mass is 9.75. The van der Waals surface area contributed by atoms with Crippen LogP contribution in [0.3, 0.4) is 0 Å². The molecular weight excluding hydrogens is 224 g/mol. The summed E-state index contributed by atoms with van der Waals surface area (Å²) < 4.78 is 0. The first kappa shape index (κ1) is 13.0. The third-order valence-corrected chi connectivity index (χ3v) is 3.34. The SMILES string of the molecule is CCCC(CC)(C(=O)O)c1ccc(Cl)cc1. The van der Waals surface area contributed by atoms with Crippen molar-refractivity contribution < 1.29 is 9.90 Å². The van der Waals surface area contributed by atoms with Crippen molar-refractivity contribution in [3.8, 4) is 0 Å². The second kappa shape index (κ2) is 5.35. The molecule has 0 fully saturated rings. The third kappa shape index (κ3) is 2.38. The number of carboxylic acid groups (broad SMARTS) is 1. The van der Waals surface area contributed by atoms with Gasteiger partial charge in [-0.3, -0.25) is 4.79 Å². The molecule has 0 aliphatic rings. The zero-order chi connectivity index (χ0) is 12.2. The van der Waals surface area contributed by atoms with Crippen molar-refractivity contribution in [2.75, 3.05) is 0 Å². The van der Waals surface area contributed by atoms with Crippen LogP contribution >= 0.6 is 11.6 Å². The van der Waals surface area contributed by atoms with Gasteiger partial charge in [0, 0.05) is 5.02 Å². The average Bonchev–Trinajstić information content (AvgIpc) is 2.27. The number of halogens is 1. The molecule has 88 valence electrons. The van der Waals surface area contributed by atoms with E-state index in [0.717, 1.165) is 12.0 Å². The van der Waals surface area contributed by atoms with E-state index in [1.165, 1.54) is 0 Å². The van der Waals surface area contributed by atoms with Gasteiger partial charge in [0.25, 0.3) is 0 Å². The molecule has 0 saturated heterocycles. The topological polar surface area (TPSA) is 37.3 Å². The van der Waals surface area contributed by atoms with Crippen LogP contribution in [0.15, 0.2) is 24.3 Å². The first-order valence-corrected chi connectivity index (χ1v) is 5.94. The number of benzene rings is 1. The standard InChI is InChI=1S/C13H17ClO2/c1-3-9-13(4-2,12(15)16)10-5-7-11(14)8-6-10/h5-8H,3-4,9H2,1-2H3,(H,15,16). The number of hydrogen-bond donors (Lipinski definition) is 1. The Morgan fingerprint density at radius 3 is 2.25 bits per heavy atom. The van der Waals surface area contributed by atoms with Gasteiger partial charge in [0.05, 0.1) is 5.41 Å². The molecule has 2 nitrogen and oxygen atoms in total. The minimum atomic E-state index is -0.765. The average molecular weight is 241 g/mol. The Hall–Kier alpha value is -1.02. The van der Waals surface area contributed by atoms with Crippen LogP contribution in [-0.4, -0.2) is 11.1 Å². The molecule has 0 spiro atoms. The minimum Gasteiger partial charge on any atom is -0.481 e. The second-order valence-corrected chi connectivity index (χ2v) is 4.43. The highest BCUT2D eigenvalue weighted by atomic mass is 35.5. The van der Waals surface area contributed by atoms with E-state index in [-0.39, 0.29) is 0 Å². The summed E-state index contributed by atoms with van der Waals surface area (Å²) >= 11 is 5.81. The van der Waals surface area contributed by atoms with Crippen LogP contribution in [0.2, 0.25) is 5.02 Å². The summed E-state index contributed by atoms with van der Waals surface area (Å²) in [6, 6.07) is 7.13. The molecular formula is C13H17ClO2. The van der Waals surface area contributed by atoms with Crippen LogP contribution in [0.5, 0.6) is 0 Å². The molecule has 1 aromatic rings. The number of hydrogen-bond acceptors (Lipinski definition) is 1. The van der Waals surface area contributed by atoms with Crippen molar-refractivity contribution in [3.63, 3.8) is 0 Å². The van der Waals surface area contributed by atoms with Gasteiger partial charge < -0.3 is 5.11 Å². The van der Waals surface area contributed by atoms with Gasteiger partial charge in [-0.25, -0.2) is 0 Å². The molecule has 16 heavy (non-hydrogen) atoms. The van der Waals surface area contributed by atoms with Crippen LogP contribution < -0.4 is 0 Å². The molecule has 1 unspecified atom stereocenters. The fraction of sp³-hybridized carbons (Fsp3) is 0.462. The van der Waals surface area contributed by atoms with Gasteiger partial charge in [-0.15, -0.1) is 0 Å². The normalized spacial score (nSPS) is 14.4. The van der Waals surface area contributed by atoms with Crippen LogP contribution in [0, 0.1) is 0 Å². The van der Waals surface area contributed by atoms with Gasteiger partial charge in [-0.1, -0.05) is 44.0 Å². The van der Waals surface area contributed by atoms with Gasteiger partial charge >= 0.3 is 5.97 Å². The van der Waals surface area contributed by atoms with E-state index in [1.54, 1.807) is 12.1 Å². The molecule has 0 heterocycles. The highest BCUT2D eigenvalue weighted by molar-refractivity contribution is 6.30. The van der Waals surface area contributed by atoms with E-state index in [2.05, 4.69) is 0 Å². The lowest BCUT2D eigenvalue weighted by molar-refractivity contribution is -0.144. The van der Waals surface area contributed by atoms with E-state index in [0.29, 0.717) is 17.9 Å². The van der Waals surface area contributed by atoms with E-state index >= 15 is 0 Å². The Morgan fingerprint density at radius 1 is 1.31 bits per heavy atom. The molecule has 0 aliphatic carbocycles. The highest BCUT2D eigenvalue weighted by Crippen LogP contribution is 2.34. The first-order valence-electron chi connectivity index (χ1n) is 5.56. The monoisotopic (exact) mass is 240 g/mol. The fourth-order valence-electron chi connectivity index (χ4n) is 2.10. The zero-order valence-corrected chi connectivity index (χ0v) is 10.4. The summed E-state index contributed by atoms with van der Waals surface area (Å²) in [4.78, 5) is 11.5. The molecule has 0 aliphatic heterocycles. The molecule has 1 aromatic carbocycles. The molecule has 0 saturated carbocycles. The summed E-state index contributed by atoms with van der Waals surface area (Å²) in [6.07, 6.45) is 2.10. The second-order valence-electron chi connectivity index (χ2n) is 4.00. The van der Waals surface area contributed by atoms with Crippen molar-refractivity contribution in [2.45, 2.75) is 38.5 Å². The van der Waals surface area contributed by atoms with Crippen LogP contribution in [0.4, 0.5) is 0 Å². The third-order valence-electron chi connectivity index (χ3n) is 3.09. The summed E-state index contributed by atoms with van der Waals surface area (Å²) in [5.41, 5.74) is 0.0769. The van der Waals surface area contributed by atoms with Gasteiger partial charge in [-0.05, 0) is 30.5 Å². The van der Waals surface area contributed by atoms with Crippen LogP contribution in [-0.2, 0) is 10.2 Å². The summed E-state index contributed by atoms with van der Waals surface area (Å²) in [5.74, 6) is -0.751. The summed E-state index contributed by atoms with van der Waals surface area (Å²) in [5, 5.41) is 10.1. The maximum atomic E-state index is 11.5. The Labute approximate surface area is 101 Å². The van der Waals surface area contributed by atoms with E-state index in [1.807, 2.05) is 26.0 Å². The highest BCUT2D eigenvalue weighted by Gasteiger charge is 2.37. The lowest BCUT2D eigenvalue weighted by Crippen LogP contribution is -2.35. The smallest absolute Gasteiger partial charge is 0.314 e. The molecule has 1 atom stereocenters. The van der Waals surface area contributed by atoms with Gasteiger partial charge in [0.15, 0.2) is 0 Å². The minimum absolute atomic E-state index is 0.595. The molecule has 0 radical (unpaired) electrons. The number of aliphatic carboxylic acids is 1. The van der Waals surface area contributed by atoms with E-state index < -0.39 is 11.4 Å². The molecule has 1 rings (SSSR count). The number of carboxylic acids is 1. The maximum Gasteiger partial charge on any atom is 0.314 e. The van der Waals surface area contributed by atoms with Crippen molar-refractivity contribution in [1.29, 1.82) is 0 Å².